The molecule has 1 aromatic rings. The van der Waals surface area contributed by atoms with Crippen LogP contribution in [0.15, 0.2) is 24.3 Å². The quantitative estimate of drug-likeness (QED) is 0.850. The van der Waals surface area contributed by atoms with Crippen molar-refractivity contribution in [1.29, 1.82) is 0 Å². The maximum Gasteiger partial charge on any atom is 0.0646 e. The summed E-state index contributed by atoms with van der Waals surface area (Å²) in [5, 5.41) is 4.29. The summed E-state index contributed by atoms with van der Waals surface area (Å²) >= 11 is 5.95. The fourth-order valence-electron chi connectivity index (χ4n) is 2.17. The molecule has 1 aliphatic rings. The summed E-state index contributed by atoms with van der Waals surface area (Å²) in [6, 6.07) is 8.34. The monoisotopic (exact) mass is 239 g/mol. The highest BCUT2D eigenvalue weighted by Crippen LogP contribution is 2.26. The van der Waals surface area contributed by atoms with Crippen LogP contribution in [0.1, 0.15) is 26.7 Å². The lowest BCUT2D eigenvalue weighted by molar-refractivity contribution is -0.0553. The normalized spacial score (nSPS) is 24.1. The molecule has 2 rings (SSSR count). The molecule has 0 saturated carbocycles. The van der Waals surface area contributed by atoms with Crippen LogP contribution in [0.25, 0.3) is 0 Å². The second kappa shape index (κ2) is 4.64. The minimum absolute atomic E-state index is 0.0194. The molecule has 1 aromatic carbocycles. The SMILES string of the molecule is CC1(C)CC(Nc2cccc(Cl)c2)CCO1. The van der Waals surface area contributed by atoms with Gasteiger partial charge >= 0.3 is 0 Å². The minimum atomic E-state index is -0.0194. The maximum atomic E-state index is 5.95. The molecule has 0 spiro atoms. The van der Waals surface area contributed by atoms with Gasteiger partial charge < -0.3 is 10.1 Å². The maximum absolute atomic E-state index is 5.95. The van der Waals surface area contributed by atoms with E-state index in [4.69, 9.17) is 16.3 Å². The standard InChI is InChI=1S/C13H18ClNO/c1-13(2)9-12(6-7-16-13)15-11-5-3-4-10(14)8-11/h3-5,8,12,15H,6-7,9H2,1-2H3. The predicted molar refractivity (Wildman–Crippen MR) is 68.1 cm³/mol. The second-order valence-corrected chi connectivity index (χ2v) is 5.39. The number of ether oxygens (including phenoxy) is 1. The molecule has 0 aliphatic carbocycles. The van der Waals surface area contributed by atoms with Gasteiger partial charge in [-0.2, -0.15) is 0 Å². The van der Waals surface area contributed by atoms with Gasteiger partial charge in [0.2, 0.25) is 0 Å². The molecule has 0 bridgehead atoms. The number of nitrogens with one attached hydrogen (secondary N) is 1. The van der Waals surface area contributed by atoms with Crippen LogP contribution in [0.2, 0.25) is 5.02 Å². The van der Waals surface area contributed by atoms with Crippen molar-refractivity contribution in [3.63, 3.8) is 0 Å². The highest BCUT2D eigenvalue weighted by Gasteiger charge is 2.28. The van der Waals surface area contributed by atoms with Crippen molar-refractivity contribution in [3.05, 3.63) is 29.3 Å². The average Bonchev–Trinajstić information content (AvgIpc) is 2.15. The van der Waals surface area contributed by atoms with E-state index in [0.717, 1.165) is 30.2 Å². The number of hydrogen-bond acceptors (Lipinski definition) is 2. The van der Waals surface area contributed by atoms with E-state index in [-0.39, 0.29) is 5.60 Å². The summed E-state index contributed by atoms with van der Waals surface area (Å²) < 4.78 is 5.69. The Hall–Kier alpha value is -0.730. The van der Waals surface area contributed by atoms with Crippen LogP contribution >= 0.6 is 11.6 Å². The molecule has 1 N–H and O–H groups in total. The lowest BCUT2D eigenvalue weighted by Crippen LogP contribution is -2.40. The smallest absolute Gasteiger partial charge is 0.0646 e. The van der Waals surface area contributed by atoms with Crippen molar-refractivity contribution in [1.82, 2.24) is 0 Å². The van der Waals surface area contributed by atoms with Crippen LogP contribution < -0.4 is 5.32 Å². The van der Waals surface area contributed by atoms with E-state index in [1.165, 1.54) is 0 Å². The van der Waals surface area contributed by atoms with Gasteiger partial charge in [-0.05, 0) is 44.9 Å². The van der Waals surface area contributed by atoms with Crippen molar-refractivity contribution >= 4 is 17.3 Å². The lowest BCUT2D eigenvalue weighted by Gasteiger charge is -2.36. The van der Waals surface area contributed by atoms with Gasteiger partial charge in [0, 0.05) is 23.4 Å². The first-order chi connectivity index (χ1) is 7.55. The number of hydrogen-bond donors (Lipinski definition) is 1. The Balaban J connectivity index is 1.99. The van der Waals surface area contributed by atoms with Crippen LogP contribution in [0.4, 0.5) is 5.69 Å². The summed E-state index contributed by atoms with van der Waals surface area (Å²) in [4.78, 5) is 0. The molecule has 1 aliphatic heterocycles. The second-order valence-electron chi connectivity index (χ2n) is 4.95. The first kappa shape index (κ1) is 11.7. The van der Waals surface area contributed by atoms with E-state index >= 15 is 0 Å². The first-order valence-electron chi connectivity index (χ1n) is 5.71. The third-order valence-corrected chi connectivity index (χ3v) is 3.13. The van der Waals surface area contributed by atoms with Crippen LogP contribution in [-0.4, -0.2) is 18.2 Å². The molecule has 3 heteroatoms. The number of benzene rings is 1. The Morgan fingerprint density at radius 2 is 2.25 bits per heavy atom. The van der Waals surface area contributed by atoms with Gasteiger partial charge in [0.05, 0.1) is 5.60 Å². The Morgan fingerprint density at radius 1 is 1.44 bits per heavy atom. The zero-order valence-electron chi connectivity index (χ0n) is 9.79. The lowest BCUT2D eigenvalue weighted by atomic mass is 9.94. The summed E-state index contributed by atoms with van der Waals surface area (Å²) in [5.74, 6) is 0. The number of halogens is 1. The molecule has 0 amide bonds. The Bertz CT molecular complexity index is 365. The van der Waals surface area contributed by atoms with Gasteiger partial charge in [-0.1, -0.05) is 17.7 Å². The van der Waals surface area contributed by atoms with Crippen molar-refractivity contribution in [3.8, 4) is 0 Å². The molecule has 16 heavy (non-hydrogen) atoms. The van der Waals surface area contributed by atoms with Crippen LogP contribution in [0.5, 0.6) is 0 Å². The largest absolute Gasteiger partial charge is 0.382 e. The highest BCUT2D eigenvalue weighted by molar-refractivity contribution is 6.30. The average molecular weight is 240 g/mol. The summed E-state index contributed by atoms with van der Waals surface area (Å²) in [5.41, 5.74) is 1.07. The summed E-state index contributed by atoms with van der Waals surface area (Å²) in [7, 11) is 0. The van der Waals surface area contributed by atoms with E-state index in [1.807, 2.05) is 24.3 Å². The van der Waals surface area contributed by atoms with Crippen molar-refractivity contribution in [2.45, 2.75) is 38.3 Å². The summed E-state index contributed by atoms with van der Waals surface area (Å²) in [6.07, 6.45) is 2.08. The van der Waals surface area contributed by atoms with Gasteiger partial charge in [-0.3, -0.25) is 0 Å². The number of rotatable bonds is 2. The minimum Gasteiger partial charge on any atom is -0.382 e. The zero-order chi connectivity index (χ0) is 11.6. The topological polar surface area (TPSA) is 21.3 Å². The fourth-order valence-corrected chi connectivity index (χ4v) is 2.36. The molecule has 88 valence electrons. The Labute approximate surface area is 102 Å². The fraction of sp³-hybridized carbons (Fsp3) is 0.538. The zero-order valence-corrected chi connectivity index (χ0v) is 10.6. The van der Waals surface area contributed by atoms with Gasteiger partial charge in [0.25, 0.3) is 0 Å². The Kier molecular flexibility index (Phi) is 3.41. The van der Waals surface area contributed by atoms with E-state index in [0.29, 0.717) is 6.04 Å². The Morgan fingerprint density at radius 3 is 2.94 bits per heavy atom. The van der Waals surface area contributed by atoms with E-state index in [9.17, 15) is 0 Å². The molecule has 1 atom stereocenters. The molecular weight excluding hydrogens is 222 g/mol. The molecule has 1 heterocycles. The molecule has 2 nitrogen and oxygen atoms in total. The molecule has 1 unspecified atom stereocenters. The van der Waals surface area contributed by atoms with Gasteiger partial charge in [-0.25, -0.2) is 0 Å². The highest BCUT2D eigenvalue weighted by atomic mass is 35.5. The van der Waals surface area contributed by atoms with Crippen molar-refractivity contribution in [2.75, 3.05) is 11.9 Å². The van der Waals surface area contributed by atoms with E-state index < -0.39 is 0 Å². The van der Waals surface area contributed by atoms with Gasteiger partial charge in [0.1, 0.15) is 0 Å². The summed E-state index contributed by atoms with van der Waals surface area (Å²) in [6.45, 7) is 5.10. The van der Waals surface area contributed by atoms with Crippen LogP contribution in [0.3, 0.4) is 0 Å². The van der Waals surface area contributed by atoms with Crippen molar-refractivity contribution in [2.24, 2.45) is 0 Å². The first-order valence-corrected chi connectivity index (χ1v) is 6.09. The van der Waals surface area contributed by atoms with Gasteiger partial charge in [-0.15, -0.1) is 0 Å². The molecule has 0 radical (unpaired) electrons. The van der Waals surface area contributed by atoms with E-state index in [2.05, 4.69) is 19.2 Å². The third-order valence-electron chi connectivity index (χ3n) is 2.89. The molecule has 1 saturated heterocycles. The third kappa shape index (κ3) is 3.13. The molecular formula is C13H18ClNO. The van der Waals surface area contributed by atoms with Gasteiger partial charge in [0.15, 0.2) is 0 Å². The van der Waals surface area contributed by atoms with Crippen LogP contribution in [0, 0.1) is 0 Å². The van der Waals surface area contributed by atoms with Crippen LogP contribution in [-0.2, 0) is 4.74 Å². The van der Waals surface area contributed by atoms with E-state index in [1.54, 1.807) is 0 Å². The predicted octanol–water partition coefficient (Wildman–Crippen LogP) is 3.71. The molecule has 1 fully saturated rings. The molecule has 0 aromatic heterocycles. The number of anilines is 1. The van der Waals surface area contributed by atoms with Crippen molar-refractivity contribution < 1.29 is 4.74 Å².